The van der Waals surface area contributed by atoms with Crippen molar-refractivity contribution in [3.05, 3.63) is 47.5 Å². The van der Waals surface area contributed by atoms with E-state index in [4.69, 9.17) is 5.11 Å². The van der Waals surface area contributed by atoms with Crippen molar-refractivity contribution in [2.75, 3.05) is 0 Å². The highest BCUT2D eigenvalue weighted by molar-refractivity contribution is 7.13. The number of aryl methyl sites for hydroxylation is 1. The lowest BCUT2D eigenvalue weighted by Gasteiger charge is -1.97. The molecule has 0 atom stereocenters. The van der Waals surface area contributed by atoms with Gasteiger partial charge in [-0.2, -0.15) is 5.10 Å². The fourth-order valence-corrected chi connectivity index (χ4v) is 2.63. The van der Waals surface area contributed by atoms with Crippen LogP contribution in [-0.2, 0) is 7.05 Å². The molecule has 1 aromatic carbocycles. The molecule has 0 aliphatic rings. The van der Waals surface area contributed by atoms with Gasteiger partial charge >= 0.3 is 5.97 Å². The summed E-state index contributed by atoms with van der Waals surface area (Å²) in [5.74, 6) is -0.927. The Labute approximate surface area is 119 Å². The maximum absolute atomic E-state index is 10.8. The summed E-state index contributed by atoms with van der Waals surface area (Å²) in [5.41, 5.74) is 2.83. The molecular formula is C14H11N3O2S. The summed E-state index contributed by atoms with van der Waals surface area (Å²) in [7, 11) is 1.86. The van der Waals surface area contributed by atoms with Crippen LogP contribution in [0.3, 0.4) is 0 Å². The number of carboxylic acid groups (broad SMARTS) is 1. The quantitative estimate of drug-likeness (QED) is 0.803. The summed E-state index contributed by atoms with van der Waals surface area (Å²) in [5, 5.41) is 16.0. The monoisotopic (exact) mass is 285 g/mol. The average molecular weight is 285 g/mol. The Kier molecular flexibility index (Phi) is 3.08. The second kappa shape index (κ2) is 4.90. The number of aromatic nitrogens is 3. The molecule has 100 valence electrons. The molecule has 2 aromatic heterocycles. The largest absolute Gasteiger partial charge is 0.478 e. The zero-order valence-corrected chi connectivity index (χ0v) is 11.5. The molecule has 5 nitrogen and oxygen atoms in total. The van der Waals surface area contributed by atoms with Crippen LogP contribution in [-0.4, -0.2) is 25.8 Å². The lowest BCUT2D eigenvalue weighted by atomic mass is 10.1. The second-order valence-electron chi connectivity index (χ2n) is 4.30. The highest BCUT2D eigenvalue weighted by Crippen LogP contribution is 2.27. The van der Waals surface area contributed by atoms with Crippen LogP contribution in [0.2, 0.25) is 0 Å². The van der Waals surface area contributed by atoms with Gasteiger partial charge in [-0.25, -0.2) is 9.78 Å². The van der Waals surface area contributed by atoms with Gasteiger partial charge in [0.1, 0.15) is 10.7 Å². The van der Waals surface area contributed by atoms with Crippen LogP contribution in [0, 0.1) is 0 Å². The number of rotatable bonds is 3. The molecule has 0 fully saturated rings. The summed E-state index contributed by atoms with van der Waals surface area (Å²) in [6, 6.07) is 8.60. The van der Waals surface area contributed by atoms with E-state index in [-0.39, 0.29) is 5.56 Å². The summed E-state index contributed by atoms with van der Waals surface area (Å²) in [6.07, 6.45) is 1.87. The normalized spacial score (nSPS) is 10.7. The molecule has 0 unspecified atom stereocenters. The predicted octanol–water partition coefficient (Wildman–Crippen LogP) is 2.91. The molecule has 3 rings (SSSR count). The molecule has 1 N–H and O–H groups in total. The fourth-order valence-electron chi connectivity index (χ4n) is 1.84. The first-order valence-corrected chi connectivity index (χ1v) is 6.81. The number of aromatic carboxylic acids is 1. The van der Waals surface area contributed by atoms with E-state index in [0.29, 0.717) is 0 Å². The molecule has 2 heterocycles. The molecule has 0 saturated heterocycles. The summed E-state index contributed by atoms with van der Waals surface area (Å²) in [6.45, 7) is 0. The van der Waals surface area contributed by atoms with Crippen molar-refractivity contribution >= 4 is 17.3 Å². The first-order chi connectivity index (χ1) is 9.63. The Bertz CT molecular complexity index is 759. The minimum Gasteiger partial charge on any atom is -0.478 e. The lowest BCUT2D eigenvalue weighted by Crippen LogP contribution is -1.94. The third kappa shape index (κ3) is 2.33. The smallest absolute Gasteiger partial charge is 0.335 e. The molecule has 0 aliphatic carbocycles. The van der Waals surface area contributed by atoms with Crippen molar-refractivity contribution in [2.24, 2.45) is 7.05 Å². The fraction of sp³-hybridized carbons (Fsp3) is 0.0714. The number of nitrogens with zero attached hydrogens (tertiary/aromatic N) is 3. The predicted molar refractivity (Wildman–Crippen MR) is 76.7 cm³/mol. The van der Waals surface area contributed by atoms with Crippen LogP contribution in [0.25, 0.3) is 22.0 Å². The molecule has 20 heavy (non-hydrogen) atoms. The molecule has 6 heteroatoms. The SMILES string of the molecule is Cn1ccc(-c2nc(-c3ccc(C(=O)O)cc3)cs2)n1. The molecule has 0 saturated carbocycles. The van der Waals surface area contributed by atoms with Gasteiger partial charge in [0.15, 0.2) is 0 Å². The summed E-state index contributed by atoms with van der Waals surface area (Å²) in [4.78, 5) is 15.3. The zero-order valence-electron chi connectivity index (χ0n) is 10.6. The van der Waals surface area contributed by atoms with E-state index in [2.05, 4.69) is 10.1 Å². The average Bonchev–Trinajstić information content (AvgIpc) is 3.07. The van der Waals surface area contributed by atoms with Crippen LogP contribution in [0.4, 0.5) is 0 Å². The molecular weight excluding hydrogens is 274 g/mol. The van der Waals surface area contributed by atoms with Gasteiger partial charge in [-0.1, -0.05) is 12.1 Å². The number of carbonyl (C=O) groups is 1. The van der Waals surface area contributed by atoms with Crippen molar-refractivity contribution in [3.8, 4) is 22.0 Å². The number of hydrogen-bond donors (Lipinski definition) is 1. The van der Waals surface area contributed by atoms with Gasteiger partial charge in [-0.05, 0) is 18.2 Å². The van der Waals surface area contributed by atoms with E-state index >= 15 is 0 Å². The Morgan fingerprint density at radius 2 is 1.95 bits per heavy atom. The van der Waals surface area contributed by atoms with Gasteiger partial charge in [-0.3, -0.25) is 4.68 Å². The van der Waals surface area contributed by atoms with Gasteiger partial charge in [0.25, 0.3) is 0 Å². The van der Waals surface area contributed by atoms with E-state index in [1.54, 1.807) is 28.9 Å². The van der Waals surface area contributed by atoms with Gasteiger partial charge in [0.05, 0.1) is 11.3 Å². The summed E-state index contributed by atoms with van der Waals surface area (Å²) < 4.78 is 1.73. The van der Waals surface area contributed by atoms with Crippen molar-refractivity contribution in [1.29, 1.82) is 0 Å². The van der Waals surface area contributed by atoms with E-state index in [1.807, 2.05) is 24.7 Å². The maximum Gasteiger partial charge on any atom is 0.335 e. The number of hydrogen-bond acceptors (Lipinski definition) is 4. The summed E-state index contributed by atoms with van der Waals surface area (Å²) >= 11 is 1.52. The van der Waals surface area contributed by atoms with Crippen molar-refractivity contribution in [1.82, 2.24) is 14.8 Å². The Balaban J connectivity index is 1.91. The second-order valence-corrected chi connectivity index (χ2v) is 5.15. The minimum absolute atomic E-state index is 0.272. The molecule has 0 spiro atoms. The molecule has 0 bridgehead atoms. The third-order valence-electron chi connectivity index (χ3n) is 2.86. The van der Waals surface area contributed by atoms with Crippen LogP contribution in [0.15, 0.2) is 41.9 Å². The van der Waals surface area contributed by atoms with Crippen LogP contribution < -0.4 is 0 Å². The maximum atomic E-state index is 10.8. The van der Waals surface area contributed by atoms with E-state index in [9.17, 15) is 4.79 Å². The molecule has 0 aliphatic heterocycles. The van der Waals surface area contributed by atoms with Crippen molar-refractivity contribution in [3.63, 3.8) is 0 Å². The van der Waals surface area contributed by atoms with Crippen molar-refractivity contribution in [2.45, 2.75) is 0 Å². The first-order valence-electron chi connectivity index (χ1n) is 5.93. The van der Waals surface area contributed by atoms with E-state index in [1.165, 1.54) is 11.3 Å². The first kappa shape index (κ1) is 12.6. The van der Waals surface area contributed by atoms with Crippen molar-refractivity contribution < 1.29 is 9.90 Å². The topological polar surface area (TPSA) is 68.0 Å². The number of thiazole rings is 1. The third-order valence-corrected chi connectivity index (χ3v) is 3.73. The minimum atomic E-state index is -0.927. The molecule has 3 aromatic rings. The van der Waals surface area contributed by atoms with Gasteiger partial charge < -0.3 is 5.11 Å². The van der Waals surface area contributed by atoms with Crippen LogP contribution >= 0.6 is 11.3 Å². The highest BCUT2D eigenvalue weighted by atomic mass is 32.1. The Hall–Kier alpha value is -2.47. The number of benzene rings is 1. The van der Waals surface area contributed by atoms with Crippen LogP contribution in [0.1, 0.15) is 10.4 Å². The number of carboxylic acids is 1. The van der Waals surface area contributed by atoms with Gasteiger partial charge in [-0.15, -0.1) is 11.3 Å². The zero-order chi connectivity index (χ0) is 14.1. The Morgan fingerprint density at radius 3 is 2.55 bits per heavy atom. The molecule has 0 radical (unpaired) electrons. The van der Waals surface area contributed by atoms with E-state index in [0.717, 1.165) is 22.0 Å². The highest BCUT2D eigenvalue weighted by Gasteiger charge is 2.09. The Morgan fingerprint density at radius 1 is 1.20 bits per heavy atom. The van der Waals surface area contributed by atoms with Gasteiger partial charge in [0, 0.05) is 24.2 Å². The van der Waals surface area contributed by atoms with Gasteiger partial charge in [0.2, 0.25) is 0 Å². The lowest BCUT2D eigenvalue weighted by molar-refractivity contribution is 0.0697. The van der Waals surface area contributed by atoms with E-state index < -0.39 is 5.97 Å². The molecule has 0 amide bonds. The standard InChI is InChI=1S/C14H11N3O2S/c1-17-7-6-11(16-17)13-15-12(8-20-13)9-2-4-10(5-3-9)14(18)19/h2-8H,1H3,(H,18,19). The van der Waals surface area contributed by atoms with Crippen LogP contribution in [0.5, 0.6) is 0 Å².